The highest BCUT2D eigenvalue weighted by Gasteiger charge is 2.23. The number of ketones is 1. The third-order valence-electron chi connectivity index (χ3n) is 4.58. The van der Waals surface area contributed by atoms with E-state index in [4.69, 9.17) is 4.74 Å². The Balaban J connectivity index is 1.75. The van der Waals surface area contributed by atoms with E-state index in [0.29, 0.717) is 17.9 Å². The number of amides is 1. The largest absolute Gasteiger partial charge is 0.484 e. The highest BCUT2D eigenvalue weighted by molar-refractivity contribution is 5.99. The molecule has 0 unspecified atom stereocenters. The number of benzene rings is 2. The second-order valence-electron chi connectivity index (χ2n) is 6.34. The molecule has 1 aliphatic heterocycles. The molecule has 0 fully saturated rings. The maximum atomic E-state index is 12.7. The van der Waals surface area contributed by atoms with Crippen LogP contribution in [0.4, 0.5) is 5.69 Å². The fourth-order valence-electron chi connectivity index (χ4n) is 3.13. The summed E-state index contributed by atoms with van der Waals surface area (Å²) in [6.45, 7) is 4.28. The number of anilines is 1. The summed E-state index contributed by atoms with van der Waals surface area (Å²) in [5.74, 6) is 0.638. The average Bonchev–Trinajstić information content (AvgIpc) is 2.65. The first kappa shape index (κ1) is 17.2. The average molecular weight is 337 g/mol. The molecule has 1 heterocycles. The van der Waals surface area contributed by atoms with Crippen LogP contribution in [0.1, 0.15) is 41.8 Å². The summed E-state index contributed by atoms with van der Waals surface area (Å²) in [5, 5.41) is 0. The Labute approximate surface area is 148 Å². The van der Waals surface area contributed by atoms with E-state index in [-0.39, 0.29) is 18.3 Å². The van der Waals surface area contributed by atoms with E-state index in [9.17, 15) is 9.59 Å². The number of carbonyl (C=O) groups excluding carboxylic acids is 2. The molecule has 3 rings (SSSR count). The quantitative estimate of drug-likeness (QED) is 0.780. The molecule has 4 heteroatoms. The van der Waals surface area contributed by atoms with Crippen LogP contribution < -0.4 is 9.64 Å². The highest BCUT2D eigenvalue weighted by Crippen LogP contribution is 2.28. The molecule has 0 saturated carbocycles. The molecular formula is C21H23NO3. The molecule has 130 valence electrons. The van der Waals surface area contributed by atoms with Crippen LogP contribution in [0.5, 0.6) is 5.75 Å². The molecule has 0 aliphatic carbocycles. The third-order valence-corrected chi connectivity index (χ3v) is 4.58. The molecule has 0 aromatic heterocycles. The summed E-state index contributed by atoms with van der Waals surface area (Å²) in [6.07, 6.45) is 2.78. The lowest BCUT2D eigenvalue weighted by Gasteiger charge is -2.30. The van der Waals surface area contributed by atoms with E-state index in [1.807, 2.05) is 42.5 Å². The first-order valence-electron chi connectivity index (χ1n) is 8.74. The van der Waals surface area contributed by atoms with Crippen molar-refractivity contribution in [3.63, 3.8) is 0 Å². The van der Waals surface area contributed by atoms with Gasteiger partial charge in [0.2, 0.25) is 0 Å². The lowest BCUT2D eigenvalue weighted by Crippen LogP contribution is -2.38. The third kappa shape index (κ3) is 3.90. The minimum absolute atomic E-state index is 0.00307. The number of aryl methyl sites for hydroxylation is 2. The molecule has 1 aliphatic rings. The zero-order valence-electron chi connectivity index (χ0n) is 14.7. The molecule has 0 spiro atoms. The molecule has 0 saturated heterocycles. The lowest BCUT2D eigenvalue weighted by atomic mass is 9.98. The van der Waals surface area contributed by atoms with Crippen molar-refractivity contribution in [2.45, 2.75) is 33.1 Å². The van der Waals surface area contributed by atoms with Crippen molar-refractivity contribution >= 4 is 17.4 Å². The number of nitrogens with zero attached hydrogens (tertiary/aromatic N) is 1. The van der Waals surface area contributed by atoms with Crippen molar-refractivity contribution in [2.75, 3.05) is 18.1 Å². The first-order chi connectivity index (χ1) is 12.1. The van der Waals surface area contributed by atoms with Gasteiger partial charge < -0.3 is 9.64 Å². The van der Waals surface area contributed by atoms with Crippen LogP contribution in [0.3, 0.4) is 0 Å². The topological polar surface area (TPSA) is 46.6 Å². The number of hydrogen-bond acceptors (Lipinski definition) is 3. The Morgan fingerprint density at radius 3 is 2.76 bits per heavy atom. The van der Waals surface area contributed by atoms with Crippen LogP contribution >= 0.6 is 0 Å². The van der Waals surface area contributed by atoms with E-state index in [0.717, 1.165) is 30.5 Å². The van der Waals surface area contributed by atoms with Gasteiger partial charge in [0, 0.05) is 17.8 Å². The highest BCUT2D eigenvalue weighted by atomic mass is 16.5. The van der Waals surface area contributed by atoms with Crippen molar-refractivity contribution in [2.24, 2.45) is 0 Å². The van der Waals surface area contributed by atoms with Crippen molar-refractivity contribution < 1.29 is 14.3 Å². The molecule has 0 N–H and O–H groups in total. The second-order valence-corrected chi connectivity index (χ2v) is 6.34. The van der Waals surface area contributed by atoms with Gasteiger partial charge in [0.05, 0.1) is 0 Å². The first-order valence-corrected chi connectivity index (χ1v) is 8.74. The van der Waals surface area contributed by atoms with Gasteiger partial charge in [-0.05, 0) is 55.5 Å². The summed E-state index contributed by atoms with van der Waals surface area (Å²) in [6, 6.07) is 13.4. The summed E-state index contributed by atoms with van der Waals surface area (Å²) in [7, 11) is 0. The number of carbonyl (C=O) groups is 2. The fourth-order valence-corrected chi connectivity index (χ4v) is 3.13. The van der Waals surface area contributed by atoms with E-state index in [2.05, 4.69) is 6.92 Å². The Morgan fingerprint density at radius 1 is 1.16 bits per heavy atom. The van der Waals surface area contributed by atoms with Gasteiger partial charge in [-0.2, -0.15) is 0 Å². The summed E-state index contributed by atoms with van der Waals surface area (Å²) < 4.78 is 5.70. The van der Waals surface area contributed by atoms with Gasteiger partial charge in [-0.1, -0.05) is 31.2 Å². The van der Waals surface area contributed by atoms with Crippen molar-refractivity contribution in [1.29, 1.82) is 0 Å². The van der Waals surface area contributed by atoms with Gasteiger partial charge in [0.25, 0.3) is 5.91 Å². The lowest BCUT2D eigenvalue weighted by molar-refractivity contribution is -0.120. The van der Waals surface area contributed by atoms with Gasteiger partial charge in [0.15, 0.2) is 12.4 Å². The molecule has 0 radical (unpaired) electrons. The van der Waals surface area contributed by atoms with Gasteiger partial charge in [-0.25, -0.2) is 0 Å². The monoisotopic (exact) mass is 337 g/mol. The Bertz CT molecular complexity index is 797. The predicted octanol–water partition coefficient (Wildman–Crippen LogP) is 3.81. The zero-order valence-corrected chi connectivity index (χ0v) is 14.7. The van der Waals surface area contributed by atoms with E-state index < -0.39 is 0 Å². The molecule has 1 amide bonds. The van der Waals surface area contributed by atoms with Crippen LogP contribution in [-0.4, -0.2) is 24.8 Å². The molecule has 2 aromatic carbocycles. The van der Waals surface area contributed by atoms with Gasteiger partial charge >= 0.3 is 0 Å². The summed E-state index contributed by atoms with van der Waals surface area (Å²) >= 11 is 0. The van der Waals surface area contributed by atoms with Crippen LogP contribution in [-0.2, 0) is 17.6 Å². The number of ether oxygens (including phenoxy) is 1. The predicted molar refractivity (Wildman–Crippen MR) is 98.4 cm³/mol. The number of fused-ring (bicyclic) bond motifs is 1. The normalized spacial score (nSPS) is 13.3. The van der Waals surface area contributed by atoms with Gasteiger partial charge in [0.1, 0.15) is 5.75 Å². The van der Waals surface area contributed by atoms with Gasteiger partial charge in [-0.15, -0.1) is 0 Å². The summed E-state index contributed by atoms with van der Waals surface area (Å²) in [4.78, 5) is 26.1. The van der Waals surface area contributed by atoms with E-state index >= 15 is 0 Å². The molecule has 0 bridgehead atoms. The zero-order chi connectivity index (χ0) is 17.8. The Hall–Kier alpha value is -2.62. The standard InChI is InChI=1S/C21H23NO3/c1-3-16-6-4-8-19(12-16)25-14-21(24)22-11-5-7-17-9-10-18(15(2)23)13-20(17)22/h4,6,8-10,12-13H,3,5,7,11,14H2,1-2H3. The van der Waals surface area contributed by atoms with Crippen LogP contribution in [0, 0.1) is 0 Å². The van der Waals surface area contributed by atoms with Crippen LogP contribution in [0.25, 0.3) is 0 Å². The van der Waals surface area contributed by atoms with Gasteiger partial charge in [-0.3, -0.25) is 9.59 Å². The van der Waals surface area contributed by atoms with E-state index in [1.54, 1.807) is 11.8 Å². The number of rotatable bonds is 5. The van der Waals surface area contributed by atoms with Crippen molar-refractivity contribution in [3.8, 4) is 5.75 Å². The maximum Gasteiger partial charge on any atom is 0.264 e. The molecule has 25 heavy (non-hydrogen) atoms. The van der Waals surface area contributed by atoms with E-state index in [1.165, 1.54) is 5.56 Å². The molecule has 4 nitrogen and oxygen atoms in total. The minimum Gasteiger partial charge on any atom is -0.484 e. The van der Waals surface area contributed by atoms with Crippen molar-refractivity contribution in [3.05, 3.63) is 59.2 Å². The fraction of sp³-hybridized carbons (Fsp3) is 0.333. The van der Waals surface area contributed by atoms with Crippen LogP contribution in [0.2, 0.25) is 0 Å². The van der Waals surface area contributed by atoms with Crippen molar-refractivity contribution in [1.82, 2.24) is 0 Å². The maximum absolute atomic E-state index is 12.7. The SMILES string of the molecule is CCc1cccc(OCC(=O)N2CCCc3ccc(C(C)=O)cc32)c1. The molecule has 0 atom stereocenters. The molecular weight excluding hydrogens is 314 g/mol. The van der Waals surface area contributed by atoms with Crippen LogP contribution in [0.15, 0.2) is 42.5 Å². The molecule has 2 aromatic rings. The number of hydrogen-bond donors (Lipinski definition) is 0. The number of Topliss-reactive ketones (excluding diaryl/α,β-unsaturated/α-hetero) is 1. The second kappa shape index (κ2) is 7.51. The Morgan fingerprint density at radius 2 is 2.00 bits per heavy atom. The minimum atomic E-state index is -0.0800. The smallest absolute Gasteiger partial charge is 0.264 e. The summed E-state index contributed by atoms with van der Waals surface area (Å²) in [5.41, 5.74) is 3.77. The Kier molecular flexibility index (Phi) is 5.17.